The number of carbonyl (C=O) groups is 1. The molecule has 0 atom stereocenters. The number of piperidine rings is 1. The monoisotopic (exact) mass is 318 g/mol. The summed E-state index contributed by atoms with van der Waals surface area (Å²) in [6.45, 7) is -0.127. The second kappa shape index (κ2) is 6.46. The van der Waals surface area contributed by atoms with Gasteiger partial charge in [0.1, 0.15) is 6.61 Å². The molecule has 0 saturated carbocycles. The zero-order valence-corrected chi connectivity index (χ0v) is 11.9. The summed E-state index contributed by atoms with van der Waals surface area (Å²) in [6.07, 6.45) is 1.64. The van der Waals surface area contributed by atoms with Gasteiger partial charge in [-0.05, 0) is 25.0 Å². The average Bonchev–Trinajstić information content (AvgIpc) is 2.46. The van der Waals surface area contributed by atoms with Gasteiger partial charge >= 0.3 is 5.97 Å². The summed E-state index contributed by atoms with van der Waals surface area (Å²) in [6, 6.07) is 2.36. The number of ether oxygens (including phenoxy) is 1. The van der Waals surface area contributed by atoms with E-state index in [0.29, 0.717) is 12.8 Å². The first kappa shape index (κ1) is 15.8. The molecule has 1 aromatic heterocycles. The second-order valence-electron chi connectivity index (χ2n) is 4.60. The van der Waals surface area contributed by atoms with Crippen LogP contribution >= 0.6 is 0 Å². The van der Waals surface area contributed by atoms with E-state index in [1.807, 2.05) is 0 Å². The van der Waals surface area contributed by atoms with Crippen molar-refractivity contribution in [3.05, 3.63) is 24.1 Å². The third-order valence-electron chi connectivity index (χ3n) is 3.15. The van der Waals surface area contributed by atoms with Crippen LogP contribution in [0.1, 0.15) is 12.8 Å². The Labute approximate surface area is 121 Å². The summed E-state index contributed by atoms with van der Waals surface area (Å²) < 4.78 is 44.4. The normalized spacial score (nSPS) is 17.8. The highest BCUT2D eigenvalue weighted by Crippen LogP contribution is 2.22. The highest BCUT2D eigenvalue weighted by atomic mass is 32.2. The van der Waals surface area contributed by atoms with E-state index in [-0.39, 0.29) is 19.2 Å². The number of aromatic nitrogens is 1. The molecule has 0 aromatic carbocycles. The minimum atomic E-state index is -3.97. The van der Waals surface area contributed by atoms with Crippen molar-refractivity contribution in [3.63, 3.8) is 0 Å². The number of halogens is 1. The van der Waals surface area contributed by atoms with Crippen molar-refractivity contribution in [3.8, 4) is 0 Å². The summed E-state index contributed by atoms with van der Waals surface area (Å²) >= 11 is 0. The summed E-state index contributed by atoms with van der Waals surface area (Å²) in [7, 11) is -3.97. The van der Waals surface area contributed by atoms with Crippen LogP contribution in [0.25, 0.3) is 0 Å². The van der Waals surface area contributed by atoms with E-state index in [4.69, 9.17) is 9.84 Å². The SMILES string of the molecule is O=C(O)COC1CCN(S(=O)(=O)c2ncccc2F)CC1. The van der Waals surface area contributed by atoms with Gasteiger partial charge in [0.05, 0.1) is 6.10 Å². The van der Waals surface area contributed by atoms with Crippen LogP contribution in [0.15, 0.2) is 23.4 Å². The lowest BCUT2D eigenvalue weighted by Crippen LogP contribution is -2.41. The van der Waals surface area contributed by atoms with E-state index in [0.717, 1.165) is 10.4 Å². The third-order valence-corrected chi connectivity index (χ3v) is 4.99. The number of hydrogen-bond donors (Lipinski definition) is 1. The molecule has 0 amide bonds. The number of aliphatic carboxylic acids is 1. The van der Waals surface area contributed by atoms with Gasteiger partial charge in [0.15, 0.2) is 5.82 Å². The topological polar surface area (TPSA) is 96.8 Å². The minimum Gasteiger partial charge on any atom is -0.480 e. The lowest BCUT2D eigenvalue weighted by molar-refractivity contribution is -0.145. The van der Waals surface area contributed by atoms with Gasteiger partial charge in [-0.25, -0.2) is 22.6 Å². The van der Waals surface area contributed by atoms with Gasteiger partial charge in [-0.1, -0.05) is 0 Å². The van der Waals surface area contributed by atoms with Crippen LogP contribution in [0.3, 0.4) is 0 Å². The fraction of sp³-hybridized carbons (Fsp3) is 0.500. The molecule has 1 aromatic rings. The van der Waals surface area contributed by atoms with Crippen molar-refractivity contribution in [2.45, 2.75) is 24.0 Å². The van der Waals surface area contributed by atoms with Gasteiger partial charge in [0, 0.05) is 19.3 Å². The van der Waals surface area contributed by atoms with Crippen molar-refractivity contribution in [2.24, 2.45) is 0 Å². The molecule has 1 aliphatic rings. The lowest BCUT2D eigenvalue weighted by atomic mass is 10.1. The molecule has 1 aliphatic heterocycles. The quantitative estimate of drug-likeness (QED) is 0.848. The Hall–Kier alpha value is -1.58. The summed E-state index contributed by atoms with van der Waals surface area (Å²) in [5.74, 6) is -1.96. The Morgan fingerprint density at radius 3 is 2.71 bits per heavy atom. The average molecular weight is 318 g/mol. The summed E-state index contributed by atoms with van der Waals surface area (Å²) in [5.41, 5.74) is 0. The molecule has 0 unspecified atom stereocenters. The van der Waals surface area contributed by atoms with E-state index in [2.05, 4.69) is 4.98 Å². The number of carboxylic acid groups (broad SMARTS) is 1. The van der Waals surface area contributed by atoms with Gasteiger partial charge in [-0.2, -0.15) is 4.31 Å². The summed E-state index contributed by atoms with van der Waals surface area (Å²) in [5, 5.41) is 7.94. The molecule has 0 radical (unpaired) electrons. The van der Waals surface area contributed by atoms with Crippen molar-refractivity contribution in [1.29, 1.82) is 0 Å². The van der Waals surface area contributed by atoms with Crippen LogP contribution in [0, 0.1) is 5.82 Å². The van der Waals surface area contributed by atoms with Gasteiger partial charge in [0.25, 0.3) is 10.0 Å². The number of sulfonamides is 1. The fourth-order valence-corrected chi connectivity index (χ4v) is 3.56. The number of rotatable bonds is 5. The molecular formula is C12H15FN2O5S. The number of carboxylic acids is 1. The predicted molar refractivity (Wildman–Crippen MR) is 69.6 cm³/mol. The van der Waals surface area contributed by atoms with E-state index in [1.54, 1.807) is 0 Å². The number of hydrogen-bond acceptors (Lipinski definition) is 5. The molecular weight excluding hydrogens is 303 g/mol. The van der Waals surface area contributed by atoms with Crippen molar-refractivity contribution in [2.75, 3.05) is 19.7 Å². The molecule has 7 nitrogen and oxygen atoms in total. The minimum absolute atomic E-state index is 0.142. The number of pyridine rings is 1. The van der Waals surface area contributed by atoms with Crippen LogP contribution in [0.4, 0.5) is 4.39 Å². The standard InChI is InChI=1S/C12H15FN2O5S/c13-10-2-1-5-14-12(10)21(18,19)15-6-3-9(4-7-15)20-8-11(16)17/h1-2,5,9H,3-4,6-8H2,(H,16,17). The molecule has 1 N–H and O–H groups in total. The van der Waals surface area contributed by atoms with E-state index < -0.39 is 33.4 Å². The molecule has 2 rings (SSSR count). The first-order valence-electron chi connectivity index (χ1n) is 6.35. The number of nitrogens with zero attached hydrogens (tertiary/aromatic N) is 2. The summed E-state index contributed by atoms with van der Waals surface area (Å²) in [4.78, 5) is 14.0. The molecule has 0 bridgehead atoms. The predicted octanol–water partition coefficient (Wildman–Crippen LogP) is 0.475. The molecule has 9 heteroatoms. The first-order chi connectivity index (χ1) is 9.91. The molecule has 1 saturated heterocycles. The molecule has 116 valence electrons. The lowest BCUT2D eigenvalue weighted by Gasteiger charge is -2.30. The molecule has 0 aliphatic carbocycles. The van der Waals surface area contributed by atoms with Gasteiger partial charge in [0.2, 0.25) is 5.03 Å². The largest absolute Gasteiger partial charge is 0.480 e. The Bertz CT molecular complexity index is 614. The van der Waals surface area contributed by atoms with Crippen molar-refractivity contribution < 1.29 is 27.4 Å². The van der Waals surface area contributed by atoms with Crippen LogP contribution in [-0.2, 0) is 19.6 Å². The second-order valence-corrected chi connectivity index (χ2v) is 6.45. The highest BCUT2D eigenvalue weighted by Gasteiger charge is 2.32. The Morgan fingerprint density at radius 2 is 2.14 bits per heavy atom. The maximum Gasteiger partial charge on any atom is 0.329 e. The van der Waals surface area contributed by atoms with Crippen molar-refractivity contribution in [1.82, 2.24) is 9.29 Å². The molecule has 1 fully saturated rings. The fourth-order valence-electron chi connectivity index (χ4n) is 2.11. The molecule has 21 heavy (non-hydrogen) atoms. The zero-order valence-electron chi connectivity index (χ0n) is 11.1. The van der Waals surface area contributed by atoms with E-state index >= 15 is 0 Å². The van der Waals surface area contributed by atoms with Crippen LogP contribution in [0.2, 0.25) is 0 Å². The van der Waals surface area contributed by atoms with Crippen LogP contribution < -0.4 is 0 Å². The highest BCUT2D eigenvalue weighted by molar-refractivity contribution is 7.89. The smallest absolute Gasteiger partial charge is 0.329 e. The van der Waals surface area contributed by atoms with Crippen LogP contribution in [-0.4, -0.2) is 54.6 Å². The van der Waals surface area contributed by atoms with E-state index in [9.17, 15) is 17.6 Å². The van der Waals surface area contributed by atoms with E-state index in [1.165, 1.54) is 12.3 Å². The Morgan fingerprint density at radius 1 is 1.48 bits per heavy atom. The maximum atomic E-state index is 13.6. The molecule has 0 spiro atoms. The van der Waals surface area contributed by atoms with Crippen molar-refractivity contribution >= 4 is 16.0 Å². The van der Waals surface area contributed by atoms with Crippen LogP contribution in [0.5, 0.6) is 0 Å². The zero-order chi connectivity index (χ0) is 15.5. The van der Waals surface area contributed by atoms with Gasteiger partial charge in [-0.15, -0.1) is 0 Å². The Kier molecular flexibility index (Phi) is 4.86. The van der Waals surface area contributed by atoms with Gasteiger partial charge < -0.3 is 9.84 Å². The molecule has 2 heterocycles. The maximum absolute atomic E-state index is 13.6. The van der Waals surface area contributed by atoms with Gasteiger partial charge in [-0.3, -0.25) is 0 Å². The Balaban J connectivity index is 2.01. The third kappa shape index (κ3) is 3.74. The first-order valence-corrected chi connectivity index (χ1v) is 7.79.